The number of aromatic nitrogens is 1. The first kappa shape index (κ1) is 17.7. The summed E-state index contributed by atoms with van der Waals surface area (Å²) in [6.07, 6.45) is 5.95. The molecule has 0 unspecified atom stereocenters. The third-order valence-corrected chi connectivity index (χ3v) is 5.27. The van der Waals surface area contributed by atoms with Gasteiger partial charge in [0.1, 0.15) is 10.6 Å². The molecule has 2 aliphatic rings. The van der Waals surface area contributed by atoms with Crippen LogP contribution in [0.15, 0.2) is 23.4 Å². The van der Waals surface area contributed by atoms with Crippen LogP contribution in [-0.4, -0.2) is 83.6 Å². The fourth-order valence-electron chi connectivity index (χ4n) is 3.43. The molecule has 1 amide bonds. The van der Waals surface area contributed by atoms with Crippen LogP contribution >= 0.6 is 11.8 Å². The summed E-state index contributed by atoms with van der Waals surface area (Å²) in [6.45, 7) is 4.08. The fraction of sp³-hybridized carbons (Fsp3) is 0.647. The molecular formula is C17H25N3O3S. The number of carbonyl (C=O) groups is 1. The maximum Gasteiger partial charge on any atom is 0.256 e. The van der Waals surface area contributed by atoms with Crippen LogP contribution in [0.4, 0.5) is 0 Å². The van der Waals surface area contributed by atoms with Gasteiger partial charge in [-0.25, -0.2) is 4.98 Å². The maximum absolute atomic E-state index is 12.9. The molecule has 3 rings (SSSR count). The van der Waals surface area contributed by atoms with E-state index in [1.54, 1.807) is 23.2 Å². The Bertz CT molecular complexity index is 580. The molecular weight excluding hydrogens is 326 g/mol. The minimum Gasteiger partial charge on any atom is -0.384 e. The zero-order valence-electron chi connectivity index (χ0n) is 14.1. The number of likely N-dealkylation sites (tertiary alicyclic amines) is 1. The van der Waals surface area contributed by atoms with Gasteiger partial charge in [-0.05, 0) is 44.3 Å². The maximum atomic E-state index is 12.9. The molecule has 7 heteroatoms. The lowest BCUT2D eigenvalue weighted by Crippen LogP contribution is -2.53. The second-order valence-corrected chi connectivity index (χ2v) is 7.34. The molecule has 6 nitrogen and oxygen atoms in total. The summed E-state index contributed by atoms with van der Waals surface area (Å²) in [4.78, 5) is 21.2. The number of pyridine rings is 1. The Hall–Kier alpha value is -1.15. The average molecular weight is 351 g/mol. The Kier molecular flexibility index (Phi) is 5.76. The molecule has 2 saturated heterocycles. The third kappa shape index (κ3) is 4.08. The summed E-state index contributed by atoms with van der Waals surface area (Å²) in [5.74, 6) is -0.0854. The number of hydrogen-bond acceptors (Lipinski definition) is 6. The Morgan fingerprint density at radius 2 is 2.21 bits per heavy atom. The van der Waals surface area contributed by atoms with Crippen molar-refractivity contribution < 1.29 is 14.6 Å². The van der Waals surface area contributed by atoms with Crippen molar-refractivity contribution >= 4 is 17.7 Å². The van der Waals surface area contributed by atoms with Crippen molar-refractivity contribution in [3.05, 3.63) is 23.9 Å². The van der Waals surface area contributed by atoms with Gasteiger partial charge in [-0.15, -0.1) is 11.8 Å². The topological polar surface area (TPSA) is 65.9 Å². The molecule has 0 saturated carbocycles. The van der Waals surface area contributed by atoms with E-state index in [2.05, 4.69) is 9.88 Å². The number of thioether (sulfide) groups is 1. The normalized spacial score (nSPS) is 25.7. The average Bonchev–Trinajstić information content (AvgIpc) is 3.01. The molecule has 0 aliphatic carbocycles. The summed E-state index contributed by atoms with van der Waals surface area (Å²) in [7, 11) is 0. The molecule has 3 heterocycles. The van der Waals surface area contributed by atoms with Crippen LogP contribution in [0.1, 0.15) is 23.2 Å². The SMILES string of the molecule is CSc1ncccc1C(=O)N1CCOC[C@@](O)(CN2CCCC2)C1. The molecule has 0 radical (unpaired) electrons. The van der Waals surface area contributed by atoms with E-state index in [-0.39, 0.29) is 12.5 Å². The van der Waals surface area contributed by atoms with Crippen molar-refractivity contribution in [1.29, 1.82) is 0 Å². The highest BCUT2D eigenvalue weighted by atomic mass is 32.2. The van der Waals surface area contributed by atoms with Crippen LogP contribution in [0.2, 0.25) is 0 Å². The van der Waals surface area contributed by atoms with Crippen LogP contribution in [0.3, 0.4) is 0 Å². The predicted molar refractivity (Wildman–Crippen MR) is 93.4 cm³/mol. The van der Waals surface area contributed by atoms with Crippen molar-refractivity contribution in [3.63, 3.8) is 0 Å². The molecule has 0 spiro atoms. The Balaban J connectivity index is 1.75. The lowest BCUT2D eigenvalue weighted by atomic mass is 10.0. The van der Waals surface area contributed by atoms with E-state index in [0.29, 0.717) is 31.8 Å². The molecule has 1 aromatic heterocycles. The van der Waals surface area contributed by atoms with Crippen molar-refractivity contribution in [3.8, 4) is 0 Å². The van der Waals surface area contributed by atoms with Crippen molar-refractivity contribution in [2.24, 2.45) is 0 Å². The number of β-amino-alcohol motifs (C(OH)–C–C–N with tert-alkyl or cyclic N) is 1. The summed E-state index contributed by atoms with van der Waals surface area (Å²) in [6, 6.07) is 3.57. The van der Waals surface area contributed by atoms with E-state index in [0.717, 1.165) is 18.1 Å². The molecule has 2 fully saturated rings. The summed E-state index contributed by atoms with van der Waals surface area (Å²) >= 11 is 1.46. The summed E-state index contributed by atoms with van der Waals surface area (Å²) < 4.78 is 5.60. The van der Waals surface area contributed by atoms with Crippen molar-refractivity contribution in [2.75, 3.05) is 52.2 Å². The molecule has 1 aromatic rings. The van der Waals surface area contributed by atoms with Crippen LogP contribution in [0.5, 0.6) is 0 Å². The predicted octanol–water partition coefficient (Wildman–Crippen LogP) is 1.10. The van der Waals surface area contributed by atoms with E-state index in [9.17, 15) is 9.90 Å². The Labute approximate surface area is 147 Å². The molecule has 1 atom stereocenters. The first-order valence-corrected chi connectivity index (χ1v) is 9.64. The van der Waals surface area contributed by atoms with E-state index >= 15 is 0 Å². The number of carbonyl (C=O) groups excluding carboxylic acids is 1. The van der Waals surface area contributed by atoms with E-state index in [1.807, 2.05) is 6.26 Å². The summed E-state index contributed by atoms with van der Waals surface area (Å²) in [5, 5.41) is 11.7. The molecule has 24 heavy (non-hydrogen) atoms. The molecule has 1 N–H and O–H groups in total. The first-order chi connectivity index (χ1) is 11.6. The highest BCUT2D eigenvalue weighted by molar-refractivity contribution is 7.98. The smallest absolute Gasteiger partial charge is 0.256 e. The quantitative estimate of drug-likeness (QED) is 0.820. The zero-order valence-corrected chi connectivity index (χ0v) is 14.9. The van der Waals surface area contributed by atoms with Gasteiger partial charge >= 0.3 is 0 Å². The van der Waals surface area contributed by atoms with Gasteiger partial charge in [0.05, 0.1) is 25.3 Å². The Morgan fingerprint density at radius 1 is 1.42 bits per heavy atom. The van der Waals surface area contributed by atoms with Gasteiger partial charge in [-0.2, -0.15) is 0 Å². The van der Waals surface area contributed by atoms with Crippen LogP contribution in [0, 0.1) is 0 Å². The standard InChI is InChI=1S/C17H25N3O3S/c1-24-15-14(5-4-6-18-15)16(21)20-9-10-23-13-17(22,12-20)11-19-7-2-3-8-19/h4-6,22H,2-3,7-13H2,1H3/t17-/m1/s1. The second-order valence-electron chi connectivity index (χ2n) is 6.55. The number of hydrogen-bond donors (Lipinski definition) is 1. The minimum atomic E-state index is -1.02. The van der Waals surface area contributed by atoms with Crippen LogP contribution in [-0.2, 0) is 4.74 Å². The third-order valence-electron chi connectivity index (χ3n) is 4.56. The van der Waals surface area contributed by atoms with E-state index < -0.39 is 5.60 Å². The fourth-order valence-corrected chi connectivity index (χ4v) is 3.97. The van der Waals surface area contributed by atoms with E-state index in [1.165, 1.54) is 24.6 Å². The highest BCUT2D eigenvalue weighted by Gasteiger charge is 2.37. The molecule has 132 valence electrons. The minimum absolute atomic E-state index is 0.0854. The van der Waals surface area contributed by atoms with Gasteiger partial charge in [-0.3, -0.25) is 4.79 Å². The lowest BCUT2D eigenvalue weighted by molar-refractivity contribution is -0.0524. The number of ether oxygens (including phenoxy) is 1. The van der Waals surface area contributed by atoms with Gasteiger partial charge in [0.25, 0.3) is 5.91 Å². The van der Waals surface area contributed by atoms with Gasteiger partial charge < -0.3 is 19.6 Å². The highest BCUT2D eigenvalue weighted by Crippen LogP contribution is 2.22. The van der Waals surface area contributed by atoms with Gasteiger partial charge in [0.2, 0.25) is 0 Å². The number of aliphatic hydroxyl groups is 1. The molecule has 0 bridgehead atoms. The summed E-state index contributed by atoms with van der Waals surface area (Å²) in [5.41, 5.74) is -0.423. The van der Waals surface area contributed by atoms with Crippen LogP contribution < -0.4 is 0 Å². The largest absolute Gasteiger partial charge is 0.384 e. The van der Waals surface area contributed by atoms with Gasteiger partial charge in [0, 0.05) is 19.3 Å². The van der Waals surface area contributed by atoms with Gasteiger partial charge in [0.15, 0.2) is 0 Å². The van der Waals surface area contributed by atoms with Crippen molar-refractivity contribution in [1.82, 2.24) is 14.8 Å². The lowest BCUT2D eigenvalue weighted by Gasteiger charge is -2.34. The number of rotatable bonds is 4. The van der Waals surface area contributed by atoms with E-state index in [4.69, 9.17) is 4.74 Å². The molecule has 0 aromatic carbocycles. The first-order valence-electron chi connectivity index (χ1n) is 8.42. The second kappa shape index (κ2) is 7.82. The number of nitrogens with zero attached hydrogens (tertiary/aromatic N) is 3. The van der Waals surface area contributed by atoms with Gasteiger partial charge in [-0.1, -0.05) is 0 Å². The monoisotopic (exact) mass is 351 g/mol. The Morgan fingerprint density at radius 3 is 2.96 bits per heavy atom. The van der Waals surface area contributed by atoms with Crippen LogP contribution in [0.25, 0.3) is 0 Å². The zero-order chi connectivity index (χ0) is 17.0. The number of amides is 1. The molecule has 2 aliphatic heterocycles. The van der Waals surface area contributed by atoms with Crippen molar-refractivity contribution in [2.45, 2.75) is 23.5 Å².